The molecular formula is C14H15BrN2O. The third kappa shape index (κ3) is 3.31. The molecule has 0 bridgehead atoms. The lowest BCUT2D eigenvalue weighted by Crippen LogP contribution is -2.13. The van der Waals surface area contributed by atoms with Gasteiger partial charge in [-0.05, 0) is 44.3 Å². The first-order valence-electron chi connectivity index (χ1n) is 5.75. The predicted octanol–water partition coefficient (Wildman–Crippen LogP) is 3.92. The van der Waals surface area contributed by atoms with Crippen LogP contribution in [0.5, 0.6) is 11.5 Å². The van der Waals surface area contributed by atoms with Gasteiger partial charge in [0, 0.05) is 10.5 Å². The molecular weight excluding hydrogens is 292 g/mol. The predicted molar refractivity (Wildman–Crippen MR) is 75.9 cm³/mol. The molecule has 1 aromatic carbocycles. The van der Waals surface area contributed by atoms with Crippen LogP contribution in [0.3, 0.4) is 0 Å². The molecule has 0 fully saturated rings. The Labute approximate surface area is 115 Å². The molecule has 3 nitrogen and oxygen atoms in total. The Morgan fingerprint density at radius 3 is 2.67 bits per heavy atom. The van der Waals surface area contributed by atoms with Crippen molar-refractivity contribution in [1.82, 2.24) is 10.3 Å². The van der Waals surface area contributed by atoms with Crippen molar-refractivity contribution < 1.29 is 4.74 Å². The van der Waals surface area contributed by atoms with Crippen molar-refractivity contribution in [2.24, 2.45) is 0 Å². The van der Waals surface area contributed by atoms with Crippen LogP contribution >= 0.6 is 15.9 Å². The molecule has 1 N–H and O–H groups in total. The molecule has 1 atom stereocenters. The van der Waals surface area contributed by atoms with Gasteiger partial charge in [0.1, 0.15) is 11.5 Å². The molecule has 2 rings (SSSR count). The van der Waals surface area contributed by atoms with Crippen LogP contribution in [0.4, 0.5) is 0 Å². The normalized spacial score (nSPS) is 12.2. The maximum Gasteiger partial charge on any atom is 0.145 e. The summed E-state index contributed by atoms with van der Waals surface area (Å²) in [6.07, 6.45) is 1.74. The second-order valence-electron chi connectivity index (χ2n) is 3.99. The Kier molecular flexibility index (Phi) is 4.33. The molecule has 1 aromatic heterocycles. The fraction of sp³-hybridized carbons (Fsp3) is 0.214. The fourth-order valence-corrected chi connectivity index (χ4v) is 1.90. The first-order chi connectivity index (χ1) is 8.69. The highest BCUT2D eigenvalue weighted by atomic mass is 79.9. The smallest absolute Gasteiger partial charge is 0.145 e. The van der Waals surface area contributed by atoms with E-state index < -0.39 is 0 Å². The van der Waals surface area contributed by atoms with Gasteiger partial charge < -0.3 is 10.1 Å². The van der Waals surface area contributed by atoms with E-state index in [1.807, 2.05) is 43.4 Å². The molecule has 1 unspecified atom stereocenters. The van der Waals surface area contributed by atoms with Crippen LogP contribution in [0.25, 0.3) is 0 Å². The zero-order valence-corrected chi connectivity index (χ0v) is 11.9. The van der Waals surface area contributed by atoms with Gasteiger partial charge in [-0.25, -0.2) is 0 Å². The summed E-state index contributed by atoms with van der Waals surface area (Å²) in [5.41, 5.74) is 0.999. The molecule has 0 aliphatic heterocycles. The van der Waals surface area contributed by atoms with E-state index in [0.29, 0.717) is 0 Å². The quantitative estimate of drug-likeness (QED) is 0.929. The van der Waals surface area contributed by atoms with Crippen LogP contribution in [-0.4, -0.2) is 12.0 Å². The lowest BCUT2D eigenvalue weighted by Gasteiger charge is -2.10. The zero-order valence-electron chi connectivity index (χ0n) is 10.4. The molecule has 0 saturated heterocycles. The van der Waals surface area contributed by atoms with Crippen LogP contribution in [0.15, 0.2) is 47.1 Å². The van der Waals surface area contributed by atoms with Gasteiger partial charge in [-0.1, -0.05) is 22.0 Å². The van der Waals surface area contributed by atoms with E-state index in [0.717, 1.165) is 21.7 Å². The van der Waals surface area contributed by atoms with Gasteiger partial charge in [-0.2, -0.15) is 0 Å². The molecule has 4 heteroatoms. The second kappa shape index (κ2) is 5.98. The number of rotatable bonds is 4. The van der Waals surface area contributed by atoms with Gasteiger partial charge in [0.2, 0.25) is 0 Å². The van der Waals surface area contributed by atoms with Gasteiger partial charge >= 0.3 is 0 Å². The Hall–Kier alpha value is -1.39. The third-order valence-corrected chi connectivity index (χ3v) is 3.16. The maximum atomic E-state index is 5.71. The number of halogens is 1. The third-order valence-electron chi connectivity index (χ3n) is 2.67. The van der Waals surface area contributed by atoms with Crippen molar-refractivity contribution in [3.05, 3.63) is 52.8 Å². The average Bonchev–Trinajstić information content (AvgIpc) is 2.39. The van der Waals surface area contributed by atoms with Gasteiger partial charge in [0.25, 0.3) is 0 Å². The molecule has 0 amide bonds. The highest BCUT2D eigenvalue weighted by Gasteiger charge is 2.04. The minimum absolute atomic E-state index is 0.241. The van der Waals surface area contributed by atoms with E-state index in [1.54, 1.807) is 6.20 Å². The lowest BCUT2D eigenvalue weighted by molar-refractivity contribution is 0.478. The highest BCUT2D eigenvalue weighted by molar-refractivity contribution is 9.10. The summed E-state index contributed by atoms with van der Waals surface area (Å²) in [5, 5.41) is 3.15. The lowest BCUT2D eigenvalue weighted by atomic mass is 10.2. The monoisotopic (exact) mass is 306 g/mol. The number of nitrogens with zero attached hydrogens (tertiary/aromatic N) is 1. The Bertz CT molecular complexity index is 513. The standard InChI is InChI=1S/C14H15BrN2O/c1-10(16-2)14-7-6-13(9-17-14)18-12-5-3-4-11(15)8-12/h3-10,16H,1-2H3. The zero-order chi connectivity index (χ0) is 13.0. The number of pyridine rings is 1. The van der Waals surface area contributed by atoms with Gasteiger partial charge in [-0.15, -0.1) is 0 Å². The number of aromatic nitrogens is 1. The highest BCUT2D eigenvalue weighted by Crippen LogP contribution is 2.24. The molecule has 0 spiro atoms. The van der Waals surface area contributed by atoms with Gasteiger partial charge in [0.15, 0.2) is 0 Å². The number of nitrogens with one attached hydrogen (secondary N) is 1. The Balaban J connectivity index is 2.11. The fourth-order valence-electron chi connectivity index (χ4n) is 1.52. The summed E-state index contributed by atoms with van der Waals surface area (Å²) in [5.74, 6) is 1.53. The van der Waals surface area contributed by atoms with Crippen molar-refractivity contribution in [3.63, 3.8) is 0 Å². The molecule has 1 heterocycles. The van der Waals surface area contributed by atoms with Gasteiger partial charge in [0.05, 0.1) is 11.9 Å². The minimum Gasteiger partial charge on any atom is -0.456 e. The topological polar surface area (TPSA) is 34.1 Å². The summed E-state index contributed by atoms with van der Waals surface area (Å²) in [6, 6.07) is 11.9. The van der Waals surface area contributed by atoms with Crippen LogP contribution in [0.1, 0.15) is 18.7 Å². The van der Waals surface area contributed by atoms with E-state index in [9.17, 15) is 0 Å². The van der Waals surface area contributed by atoms with Crippen molar-refractivity contribution >= 4 is 15.9 Å². The van der Waals surface area contributed by atoms with E-state index >= 15 is 0 Å². The summed E-state index contributed by atoms with van der Waals surface area (Å²) >= 11 is 3.41. The van der Waals surface area contributed by atoms with E-state index in [2.05, 4.69) is 33.2 Å². The van der Waals surface area contributed by atoms with E-state index in [4.69, 9.17) is 4.74 Å². The summed E-state index contributed by atoms with van der Waals surface area (Å²) in [4.78, 5) is 4.37. The van der Waals surface area contributed by atoms with Crippen LogP contribution in [0.2, 0.25) is 0 Å². The van der Waals surface area contributed by atoms with Crippen LogP contribution < -0.4 is 10.1 Å². The number of ether oxygens (including phenoxy) is 1. The van der Waals surface area contributed by atoms with Crippen molar-refractivity contribution in [3.8, 4) is 11.5 Å². The maximum absolute atomic E-state index is 5.71. The summed E-state index contributed by atoms with van der Waals surface area (Å²) in [7, 11) is 1.91. The van der Waals surface area contributed by atoms with E-state index in [-0.39, 0.29) is 6.04 Å². The molecule has 0 radical (unpaired) electrons. The second-order valence-corrected chi connectivity index (χ2v) is 4.90. The van der Waals surface area contributed by atoms with Crippen molar-refractivity contribution in [2.45, 2.75) is 13.0 Å². The number of hydrogen-bond donors (Lipinski definition) is 1. The van der Waals surface area contributed by atoms with Crippen LogP contribution in [0, 0.1) is 0 Å². The van der Waals surface area contributed by atoms with E-state index in [1.165, 1.54) is 0 Å². The first kappa shape index (κ1) is 13.1. The SMILES string of the molecule is CNC(C)c1ccc(Oc2cccc(Br)c2)cn1. The number of benzene rings is 1. The van der Waals surface area contributed by atoms with Crippen LogP contribution in [-0.2, 0) is 0 Å². The summed E-state index contributed by atoms with van der Waals surface area (Å²) < 4.78 is 6.71. The number of hydrogen-bond acceptors (Lipinski definition) is 3. The molecule has 0 saturated carbocycles. The van der Waals surface area contributed by atoms with Crippen molar-refractivity contribution in [1.29, 1.82) is 0 Å². The Morgan fingerprint density at radius 1 is 1.22 bits per heavy atom. The molecule has 0 aliphatic rings. The molecule has 94 valence electrons. The molecule has 2 aromatic rings. The minimum atomic E-state index is 0.241. The van der Waals surface area contributed by atoms with Crippen molar-refractivity contribution in [2.75, 3.05) is 7.05 Å². The molecule has 0 aliphatic carbocycles. The summed E-state index contributed by atoms with van der Waals surface area (Å²) in [6.45, 7) is 2.07. The largest absolute Gasteiger partial charge is 0.456 e. The van der Waals surface area contributed by atoms with Gasteiger partial charge in [-0.3, -0.25) is 4.98 Å². The Morgan fingerprint density at radius 2 is 2.06 bits per heavy atom. The molecule has 18 heavy (non-hydrogen) atoms. The average molecular weight is 307 g/mol. The first-order valence-corrected chi connectivity index (χ1v) is 6.55.